The minimum Gasteiger partial charge on any atom is -0.312 e. The van der Waals surface area contributed by atoms with E-state index in [-0.39, 0.29) is 0 Å². The van der Waals surface area contributed by atoms with Crippen LogP contribution in [-0.2, 0) is 7.05 Å². The van der Waals surface area contributed by atoms with Crippen molar-refractivity contribution < 1.29 is 0 Å². The van der Waals surface area contributed by atoms with Crippen molar-refractivity contribution in [2.24, 2.45) is 7.05 Å². The average Bonchev–Trinajstić information content (AvgIpc) is 2.54. The molecule has 0 fully saturated rings. The molecule has 0 spiro atoms. The van der Waals surface area contributed by atoms with E-state index in [2.05, 4.69) is 22.7 Å². The van der Waals surface area contributed by atoms with E-state index < -0.39 is 0 Å². The van der Waals surface area contributed by atoms with Gasteiger partial charge in [0.25, 0.3) is 0 Å². The fraction of sp³-hybridized carbons (Fsp3) is 0.444. The molecule has 64 valence electrons. The molecule has 1 aliphatic heterocycles. The third-order valence-electron chi connectivity index (χ3n) is 2.10. The van der Waals surface area contributed by atoms with Crippen LogP contribution in [0.1, 0.15) is 12.0 Å². The Morgan fingerprint density at radius 3 is 3.08 bits per heavy atom. The van der Waals surface area contributed by atoms with Gasteiger partial charge in [-0.05, 0) is 18.5 Å². The van der Waals surface area contributed by atoms with E-state index in [1.165, 1.54) is 11.1 Å². The van der Waals surface area contributed by atoms with Gasteiger partial charge < -0.3 is 5.32 Å². The predicted molar refractivity (Wildman–Crippen MR) is 48.7 cm³/mol. The van der Waals surface area contributed by atoms with Gasteiger partial charge in [-0.1, -0.05) is 6.08 Å². The minimum atomic E-state index is 0.978. The molecule has 1 aromatic rings. The lowest BCUT2D eigenvalue weighted by molar-refractivity contribution is 0.738. The molecule has 0 radical (unpaired) electrons. The molecule has 1 aromatic heterocycles. The molecule has 0 aromatic carbocycles. The molecule has 0 atom stereocenters. The van der Waals surface area contributed by atoms with Crippen LogP contribution in [-0.4, -0.2) is 22.9 Å². The molecule has 1 aliphatic rings. The van der Waals surface area contributed by atoms with Crippen molar-refractivity contribution in [3.8, 4) is 0 Å². The summed E-state index contributed by atoms with van der Waals surface area (Å²) >= 11 is 0. The average molecular weight is 163 g/mol. The zero-order valence-corrected chi connectivity index (χ0v) is 7.25. The van der Waals surface area contributed by atoms with Gasteiger partial charge in [-0.15, -0.1) is 0 Å². The van der Waals surface area contributed by atoms with Crippen molar-refractivity contribution in [1.82, 2.24) is 15.1 Å². The Labute approximate surface area is 72.1 Å². The Morgan fingerprint density at radius 2 is 2.50 bits per heavy atom. The molecule has 3 nitrogen and oxygen atoms in total. The fourth-order valence-corrected chi connectivity index (χ4v) is 1.45. The lowest BCUT2D eigenvalue weighted by atomic mass is 10.1. The molecule has 0 saturated heterocycles. The van der Waals surface area contributed by atoms with Gasteiger partial charge >= 0.3 is 0 Å². The highest BCUT2D eigenvalue weighted by atomic mass is 15.2. The zero-order chi connectivity index (χ0) is 8.39. The molecule has 0 bridgehead atoms. The Kier molecular flexibility index (Phi) is 1.96. The zero-order valence-electron chi connectivity index (χ0n) is 7.25. The van der Waals surface area contributed by atoms with E-state index in [9.17, 15) is 0 Å². The van der Waals surface area contributed by atoms with Crippen LogP contribution >= 0.6 is 0 Å². The van der Waals surface area contributed by atoms with Crippen LogP contribution in [0, 0.1) is 0 Å². The maximum Gasteiger partial charge on any atom is 0.0565 e. The van der Waals surface area contributed by atoms with Gasteiger partial charge in [-0.25, -0.2) is 0 Å². The number of aromatic nitrogens is 2. The first kappa shape index (κ1) is 7.55. The third-order valence-corrected chi connectivity index (χ3v) is 2.10. The summed E-state index contributed by atoms with van der Waals surface area (Å²) in [6.07, 6.45) is 7.38. The van der Waals surface area contributed by atoms with Gasteiger partial charge in [-0.3, -0.25) is 4.68 Å². The summed E-state index contributed by atoms with van der Waals surface area (Å²) in [5.74, 6) is 0. The number of aryl methyl sites for hydroxylation is 1. The second-order valence-corrected chi connectivity index (χ2v) is 3.10. The molecule has 2 rings (SSSR count). The maximum atomic E-state index is 4.14. The van der Waals surface area contributed by atoms with Crippen molar-refractivity contribution in [2.45, 2.75) is 6.42 Å². The lowest BCUT2D eigenvalue weighted by Gasteiger charge is -2.11. The van der Waals surface area contributed by atoms with Crippen molar-refractivity contribution in [2.75, 3.05) is 13.1 Å². The number of hydrogen-bond acceptors (Lipinski definition) is 2. The smallest absolute Gasteiger partial charge is 0.0565 e. The van der Waals surface area contributed by atoms with Gasteiger partial charge in [0.05, 0.1) is 6.20 Å². The number of nitrogens with one attached hydrogen (secondary N) is 1. The Balaban J connectivity index is 2.23. The van der Waals surface area contributed by atoms with Crippen LogP contribution in [0.15, 0.2) is 18.5 Å². The van der Waals surface area contributed by atoms with Gasteiger partial charge in [0, 0.05) is 25.4 Å². The highest BCUT2D eigenvalue weighted by molar-refractivity contribution is 5.66. The van der Waals surface area contributed by atoms with Gasteiger partial charge in [0.2, 0.25) is 0 Å². The first-order valence-corrected chi connectivity index (χ1v) is 4.25. The van der Waals surface area contributed by atoms with Crippen LogP contribution < -0.4 is 5.32 Å². The standard InChI is InChI=1S/C9H13N3/c1-12-7-9(6-11-12)8-3-2-4-10-5-8/h3,6-7,10H,2,4-5H2,1H3. The quantitative estimate of drug-likeness (QED) is 0.663. The molecule has 12 heavy (non-hydrogen) atoms. The number of rotatable bonds is 1. The van der Waals surface area contributed by atoms with Crippen LogP contribution in [0.3, 0.4) is 0 Å². The Morgan fingerprint density at radius 1 is 1.58 bits per heavy atom. The van der Waals surface area contributed by atoms with Crippen LogP contribution in [0.2, 0.25) is 0 Å². The predicted octanol–water partition coefficient (Wildman–Crippen LogP) is 0.797. The molecule has 0 unspecified atom stereocenters. The second-order valence-electron chi connectivity index (χ2n) is 3.10. The van der Waals surface area contributed by atoms with Crippen molar-refractivity contribution in [3.63, 3.8) is 0 Å². The normalized spacial score (nSPS) is 17.6. The van der Waals surface area contributed by atoms with E-state index in [1.807, 2.05) is 17.9 Å². The largest absolute Gasteiger partial charge is 0.312 e. The summed E-state index contributed by atoms with van der Waals surface area (Å²) in [4.78, 5) is 0. The summed E-state index contributed by atoms with van der Waals surface area (Å²) < 4.78 is 1.84. The SMILES string of the molecule is Cn1cc(C2=CCCNC2)cn1. The summed E-state index contributed by atoms with van der Waals surface area (Å²) in [7, 11) is 1.94. The number of nitrogens with zero attached hydrogens (tertiary/aromatic N) is 2. The summed E-state index contributed by atoms with van der Waals surface area (Å²) in [5.41, 5.74) is 2.61. The van der Waals surface area contributed by atoms with E-state index in [4.69, 9.17) is 0 Å². The molecular weight excluding hydrogens is 150 g/mol. The third kappa shape index (κ3) is 1.41. The van der Waals surface area contributed by atoms with Gasteiger partial charge in [-0.2, -0.15) is 5.10 Å². The van der Waals surface area contributed by atoms with Crippen molar-refractivity contribution >= 4 is 5.57 Å². The van der Waals surface area contributed by atoms with E-state index in [1.54, 1.807) is 0 Å². The minimum absolute atomic E-state index is 0.978. The Hall–Kier alpha value is -1.09. The molecule has 0 aliphatic carbocycles. The van der Waals surface area contributed by atoms with E-state index in [0.29, 0.717) is 0 Å². The molecule has 2 heterocycles. The van der Waals surface area contributed by atoms with E-state index >= 15 is 0 Å². The lowest BCUT2D eigenvalue weighted by Crippen LogP contribution is -2.21. The highest BCUT2D eigenvalue weighted by Crippen LogP contribution is 2.14. The maximum absolute atomic E-state index is 4.14. The first-order valence-electron chi connectivity index (χ1n) is 4.25. The topological polar surface area (TPSA) is 29.9 Å². The molecule has 0 amide bonds. The summed E-state index contributed by atoms with van der Waals surface area (Å²) in [6, 6.07) is 0. The van der Waals surface area contributed by atoms with Crippen LogP contribution in [0.25, 0.3) is 5.57 Å². The van der Waals surface area contributed by atoms with Gasteiger partial charge in [0.1, 0.15) is 0 Å². The Bertz CT molecular complexity index is 298. The molecule has 1 N–H and O–H groups in total. The summed E-state index contributed by atoms with van der Waals surface area (Å²) in [6.45, 7) is 2.08. The van der Waals surface area contributed by atoms with Crippen LogP contribution in [0.4, 0.5) is 0 Å². The molecular formula is C9H13N3. The highest BCUT2D eigenvalue weighted by Gasteiger charge is 2.06. The fourth-order valence-electron chi connectivity index (χ4n) is 1.45. The van der Waals surface area contributed by atoms with E-state index in [0.717, 1.165) is 19.5 Å². The summed E-state index contributed by atoms with van der Waals surface area (Å²) in [5, 5.41) is 7.48. The molecule has 0 saturated carbocycles. The van der Waals surface area contributed by atoms with Gasteiger partial charge in [0.15, 0.2) is 0 Å². The molecule has 3 heteroatoms. The monoisotopic (exact) mass is 163 g/mol. The van der Waals surface area contributed by atoms with Crippen molar-refractivity contribution in [1.29, 1.82) is 0 Å². The van der Waals surface area contributed by atoms with Crippen molar-refractivity contribution in [3.05, 3.63) is 24.0 Å². The van der Waals surface area contributed by atoms with Crippen LogP contribution in [0.5, 0.6) is 0 Å². The second kappa shape index (κ2) is 3.11. The first-order chi connectivity index (χ1) is 5.86. The number of hydrogen-bond donors (Lipinski definition) is 1.